The Hall–Kier alpha value is -2.87. The number of nitrogen functional groups attached to an aromatic ring is 1. The minimum atomic E-state index is -1.56. The third-order valence-electron chi connectivity index (χ3n) is 6.20. The van der Waals surface area contributed by atoms with E-state index in [1.165, 1.54) is 28.1 Å². The molecule has 2 aliphatic rings. The maximum Gasteiger partial charge on any atom is 0.187 e. The molecule has 8 N–H and O–H groups in total. The van der Waals surface area contributed by atoms with E-state index in [2.05, 4.69) is 25.3 Å². The van der Waals surface area contributed by atoms with Gasteiger partial charge in [0.15, 0.2) is 24.0 Å². The molecule has 5 heterocycles. The van der Waals surface area contributed by atoms with Crippen LogP contribution in [0.2, 0.25) is 0 Å². The van der Waals surface area contributed by atoms with Gasteiger partial charge in [-0.3, -0.25) is 4.57 Å². The Labute approximate surface area is 202 Å². The van der Waals surface area contributed by atoms with E-state index < -0.39 is 61.9 Å². The van der Waals surface area contributed by atoms with E-state index in [0.29, 0.717) is 16.9 Å². The lowest BCUT2D eigenvalue weighted by Crippen LogP contribution is -2.59. The summed E-state index contributed by atoms with van der Waals surface area (Å²) in [5.74, 6) is 0.171. The molecule has 0 amide bonds. The first-order chi connectivity index (χ1) is 17.3. The Balaban J connectivity index is 1.21. The van der Waals surface area contributed by atoms with Gasteiger partial charge in [0.25, 0.3) is 0 Å². The summed E-state index contributed by atoms with van der Waals surface area (Å²) < 4.78 is 19.4. The molecule has 0 spiro atoms. The number of imidazole rings is 1. The molecule has 2 saturated heterocycles. The molecule has 9 atom stereocenters. The fraction of sp³-hybridized carbons (Fsp3) is 0.632. The molecule has 0 saturated carbocycles. The highest BCUT2D eigenvalue weighted by Gasteiger charge is 2.45. The lowest BCUT2D eigenvalue weighted by molar-refractivity contribution is -0.304. The number of nitrogens with zero attached hydrogens (tertiary/aromatic N) is 7. The smallest absolute Gasteiger partial charge is 0.187 e. The Morgan fingerprint density at radius 3 is 2.50 bits per heavy atom. The van der Waals surface area contributed by atoms with Crippen LogP contribution in [0.1, 0.15) is 11.9 Å². The first-order valence-corrected chi connectivity index (χ1v) is 11.0. The van der Waals surface area contributed by atoms with Crippen molar-refractivity contribution < 1.29 is 44.8 Å². The fourth-order valence-electron chi connectivity index (χ4n) is 4.22. The molecule has 0 aromatic carbocycles. The van der Waals surface area contributed by atoms with Crippen molar-refractivity contribution in [1.29, 1.82) is 0 Å². The molecule has 2 fully saturated rings. The van der Waals surface area contributed by atoms with Crippen LogP contribution in [-0.2, 0) is 27.4 Å². The zero-order valence-corrected chi connectivity index (χ0v) is 18.7. The van der Waals surface area contributed by atoms with E-state index in [4.69, 9.17) is 19.9 Å². The number of rotatable bonds is 7. The molecule has 0 aliphatic carbocycles. The molecule has 0 bridgehead atoms. The third-order valence-corrected chi connectivity index (χ3v) is 6.20. The predicted octanol–water partition coefficient (Wildman–Crippen LogP) is -4.36. The first-order valence-electron chi connectivity index (χ1n) is 11.0. The van der Waals surface area contributed by atoms with Gasteiger partial charge in [-0.25, -0.2) is 19.6 Å². The summed E-state index contributed by atoms with van der Waals surface area (Å²) in [5.41, 5.74) is 6.81. The molecule has 0 radical (unpaired) electrons. The summed E-state index contributed by atoms with van der Waals surface area (Å²) in [7, 11) is 0. The van der Waals surface area contributed by atoms with E-state index >= 15 is 0 Å². The average molecular weight is 510 g/mol. The standard InChI is InChI=1S/C19H26N8O9/c20-16-10-17(22-5-21-16)27(6-23-10)18-14(32)11(29)8(35-18)2-26-1-7(24-25-26)4-34-19-15(33)13(31)12(30)9(3-28)36-19/h1,5-6,8-9,11-15,18-19,28-33H,2-4H2,(H2,20,21,22)/t8-,9-,11-,12-,13+,14-,15+,18-,19+/m1/s1. The van der Waals surface area contributed by atoms with Crippen LogP contribution in [0.15, 0.2) is 18.9 Å². The van der Waals surface area contributed by atoms with Crippen LogP contribution in [0.25, 0.3) is 11.2 Å². The van der Waals surface area contributed by atoms with E-state index in [0.717, 1.165) is 0 Å². The Kier molecular flexibility index (Phi) is 6.81. The summed E-state index contributed by atoms with van der Waals surface area (Å²) >= 11 is 0. The molecule has 36 heavy (non-hydrogen) atoms. The van der Waals surface area contributed by atoms with Crippen LogP contribution in [0, 0.1) is 0 Å². The van der Waals surface area contributed by atoms with Crippen molar-refractivity contribution in [2.75, 3.05) is 12.3 Å². The minimum absolute atomic E-state index is 0.0333. The summed E-state index contributed by atoms with van der Waals surface area (Å²) in [5, 5.41) is 68.1. The van der Waals surface area contributed by atoms with Crippen molar-refractivity contribution in [3.8, 4) is 0 Å². The molecule has 2 aliphatic heterocycles. The van der Waals surface area contributed by atoms with Crippen molar-refractivity contribution in [3.63, 3.8) is 0 Å². The molecule has 3 aromatic heterocycles. The Bertz CT molecular complexity index is 1190. The highest BCUT2D eigenvalue weighted by atomic mass is 16.7. The van der Waals surface area contributed by atoms with Gasteiger partial charge in [-0.1, -0.05) is 5.21 Å². The lowest BCUT2D eigenvalue weighted by Gasteiger charge is -2.39. The fourth-order valence-corrected chi connectivity index (χ4v) is 4.22. The summed E-state index contributed by atoms with van der Waals surface area (Å²) in [6.07, 6.45) is -7.25. The largest absolute Gasteiger partial charge is 0.394 e. The average Bonchev–Trinajstić information content (AvgIpc) is 3.57. The van der Waals surface area contributed by atoms with Gasteiger partial charge in [0, 0.05) is 0 Å². The summed E-state index contributed by atoms with van der Waals surface area (Å²) in [6.45, 7) is -0.720. The number of hydrogen-bond acceptors (Lipinski definition) is 15. The van der Waals surface area contributed by atoms with Gasteiger partial charge in [-0.2, -0.15) is 0 Å². The molecular formula is C19H26N8O9. The van der Waals surface area contributed by atoms with Gasteiger partial charge in [0.1, 0.15) is 60.3 Å². The van der Waals surface area contributed by atoms with Crippen molar-refractivity contribution in [2.45, 2.75) is 68.4 Å². The number of anilines is 1. The topological polar surface area (TPSA) is 249 Å². The van der Waals surface area contributed by atoms with Crippen LogP contribution in [0.5, 0.6) is 0 Å². The zero-order valence-electron chi connectivity index (χ0n) is 18.7. The van der Waals surface area contributed by atoms with Crippen LogP contribution in [-0.4, -0.2) is 121 Å². The number of ether oxygens (including phenoxy) is 3. The summed E-state index contributed by atoms with van der Waals surface area (Å²) in [6, 6.07) is 0. The van der Waals surface area contributed by atoms with Crippen LogP contribution < -0.4 is 5.73 Å². The van der Waals surface area contributed by atoms with E-state index in [9.17, 15) is 30.6 Å². The number of hydrogen-bond donors (Lipinski definition) is 7. The zero-order chi connectivity index (χ0) is 25.6. The van der Waals surface area contributed by atoms with Gasteiger partial charge < -0.3 is 50.6 Å². The van der Waals surface area contributed by atoms with Gasteiger partial charge in [-0.15, -0.1) is 5.10 Å². The number of aliphatic hydroxyl groups is 6. The molecule has 3 aromatic rings. The Morgan fingerprint density at radius 1 is 0.944 bits per heavy atom. The molecule has 17 heteroatoms. The molecular weight excluding hydrogens is 484 g/mol. The maximum absolute atomic E-state index is 10.6. The van der Waals surface area contributed by atoms with Gasteiger partial charge in [0.2, 0.25) is 0 Å². The van der Waals surface area contributed by atoms with Crippen LogP contribution >= 0.6 is 0 Å². The van der Waals surface area contributed by atoms with Crippen LogP contribution in [0.4, 0.5) is 5.82 Å². The second kappa shape index (κ2) is 9.88. The second-order valence-corrected chi connectivity index (χ2v) is 8.57. The molecule has 5 rings (SSSR count). The summed E-state index contributed by atoms with van der Waals surface area (Å²) in [4.78, 5) is 12.1. The van der Waals surface area contributed by atoms with Gasteiger partial charge in [-0.05, 0) is 0 Å². The van der Waals surface area contributed by atoms with Crippen molar-refractivity contribution >= 4 is 17.0 Å². The van der Waals surface area contributed by atoms with E-state index in [1.54, 1.807) is 0 Å². The SMILES string of the molecule is Nc1ncnc2c1ncn2[C@@H]1O[C@H](Cn2cc(CO[C@H]3O[C@H](CO)[C@@H](O)[C@H](O)[C@@H]3O)nn2)[C@@H](O)[C@H]1O. The highest BCUT2D eigenvalue weighted by molar-refractivity contribution is 5.81. The minimum Gasteiger partial charge on any atom is -0.394 e. The number of aromatic nitrogens is 7. The predicted molar refractivity (Wildman–Crippen MR) is 114 cm³/mol. The van der Waals surface area contributed by atoms with Gasteiger partial charge >= 0.3 is 0 Å². The maximum atomic E-state index is 10.6. The molecule has 196 valence electrons. The van der Waals surface area contributed by atoms with Crippen molar-refractivity contribution in [1.82, 2.24) is 34.5 Å². The highest BCUT2D eigenvalue weighted by Crippen LogP contribution is 2.32. The number of fused-ring (bicyclic) bond motifs is 1. The second-order valence-electron chi connectivity index (χ2n) is 8.57. The quantitative estimate of drug-likeness (QED) is 0.159. The first kappa shape index (κ1) is 24.8. The number of nitrogens with two attached hydrogens (primary N) is 1. The number of aliphatic hydroxyl groups excluding tert-OH is 6. The van der Waals surface area contributed by atoms with E-state index in [1.807, 2.05) is 0 Å². The molecule has 0 unspecified atom stereocenters. The van der Waals surface area contributed by atoms with Crippen molar-refractivity contribution in [3.05, 3.63) is 24.5 Å². The monoisotopic (exact) mass is 510 g/mol. The van der Waals surface area contributed by atoms with Crippen LogP contribution in [0.3, 0.4) is 0 Å². The normalized spacial score (nSPS) is 35.0. The van der Waals surface area contributed by atoms with Crippen molar-refractivity contribution in [2.24, 2.45) is 0 Å². The van der Waals surface area contributed by atoms with Gasteiger partial charge in [0.05, 0.1) is 32.3 Å². The third kappa shape index (κ3) is 4.40. The molecule has 17 nitrogen and oxygen atoms in total. The Morgan fingerprint density at radius 2 is 1.72 bits per heavy atom. The van der Waals surface area contributed by atoms with E-state index in [-0.39, 0.29) is 19.0 Å². The lowest BCUT2D eigenvalue weighted by atomic mass is 9.99.